The molecule has 17 heavy (non-hydrogen) atoms. The van der Waals surface area contributed by atoms with E-state index in [1.54, 1.807) is 0 Å². The number of rotatable bonds is 7. The highest BCUT2D eigenvalue weighted by Crippen LogP contribution is 2.11. The van der Waals surface area contributed by atoms with Gasteiger partial charge in [0.25, 0.3) is 0 Å². The van der Waals surface area contributed by atoms with Crippen molar-refractivity contribution < 1.29 is 4.21 Å². The van der Waals surface area contributed by atoms with Crippen LogP contribution in [0.4, 0.5) is 0 Å². The standard InChI is InChI=1S/C14H23NOS/c1-4-13(15-3)8-6-10-17(16)14-9-5-7-12(2)11-14/h5,7,9,11,13,15H,4,6,8,10H2,1-3H3. The summed E-state index contributed by atoms with van der Waals surface area (Å²) in [5.41, 5.74) is 1.18. The first-order valence-corrected chi connectivity index (χ1v) is 7.61. The predicted octanol–water partition coefficient (Wildman–Crippen LogP) is 2.88. The molecule has 0 aliphatic heterocycles. The van der Waals surface area contributed by atoms with Crippen molar-refractivity contribution >= 4 is 10.8 Å². The van der Waals surface area contributed by atoms with Crippen LogP contribution >= 0.6 is 0 Å². The van der Waals surface area contributed by atoms with Gasteiger partial charge >= 0.3 is 0 Å². The van der Waals surface area contributed by atoms with Crippen LogP contribution in [0.5, 0.6) is 0 Å². The first-order chi connectivity index (χ1) is 8.17. The molecule has 0 saturated carbocycles. The highest BCUT2D eigenvalue weighted by Gasteiger charge is 2.06. The summed E-state index contributed by atoms with van der Waals surface area (Å²) in [6.45, 7) is 4.22. The van der Waals surface area contributed by atoms with Gasteiger partial charge in [0.1, 0.15) is 0 Å². The minimum absolute atomic E-state index is 0.560. The van der Waals surface area contributed by atoms with Crippen molar-refractivity contribution in [2.45, 2.75) is 44.0 Å². The first kappa shape index (κ1) is 14.4. The third kappa shape index (κ3) is 5.00. The van der Waals surface area contributed by atoms with Crippen LogP contribution in [0, 0.1) is 6.92 Å². The van der Waals surface area contributed by atoms with E-state index in [2.05, 4.69) is 12.2 Å². The molecular formula is C14H23NOS. The summed E-state index contributed by atoms with van der Waals surface area (Å²) in [6.07, 6.45) is 3.25. The molecule has 0 amide bonds. The van der Waals surface area contributed by atoms with Gasteiger partial charge in [0, 0.05) is 16.7 Å². The average Bonchev–Trinajstić information content (AvgIpc) is 2.34. The van der Waals surface area contributed by atoms with Crippen LogP contribution in [0.1, 0.15) is 31.7 Å². The molecule has 0 heterocycles. The quantitative estimate of drug-likeness (QED) is 0.809. The van der Waals surface area contributed by atoms with Crippen molar-refractivity contribution in [3.05, 3.63) is 29.8 Å². The second kappa shape index (κ2) is 7.62. The molecule has 0 saturated heterocycles. The predicted molar refractivity (Wildman–Crippen MR) is 74.8 cm³/mol. The number of aryl methyl sites for hydroxylation is 1. The summed E-state index contributed by atoms with van der Waals surface area (Å²) in [7, 11) is 1.15. The van der Waals surface area contributed by atoms with Crippen LogP contribution in [-0.2, 0) is 10.8 Å². The van der Waals surface area contributed by atoms with Gasteiger partial charge in [-0.3, -0.25) is 4.21 Å². The SMILES string of the molecule is CCC(CCCS(=O)c1cccc(C)c1)NC. The van der Waals surface area contributed by atoms with E-state index in [1.807, 2.05) is 38.2 Å². The molecule has 0 bridgehead atoms. The highest BCUT2D eigenvalue weighted by molar-refractivity contribution is 7.85. The van der Waals surface area contributed by atoms with E-state index >= 15 is 0 Å². The zero-order valence-corrected chi connectivity index (χ0v) is 11.8. The molecular weight excluding hydrogens is 230 g/mol. The molecule has 0 fully saturated rings. The number of hydrogen-bond acceptors (Lipinski definition) is 2. The van der Waals surface area contributed by atoms with E-state index in [4.69, 9.17) is 0 Å². The van der Waals surface area contributed by atoms with Gasteiger partial charge in [0.15, 0.2) is 0 Å². The van der Waals surface area contributed by atoms with Gasteiger partial charge in [0.05, 0.1) is 10.8 Å². The molecule has 0 aromatic heterocycles. The lowest BCUT2D eigenvalue weighted by atomic mass is 10.1. The Morgan fingerprint density at radius 3 is 2.76 bits per heavy atom. The average molecular weight is 253 g/mol. The molecule has 3 heteroatoms. The van der Waals surface area contributed by atoms with Crippen LogP contribution in [0.3, 0.4) is 0 Å². The maximum Gasteiger partial charge on any atom is 0.0529 e. The molecule has 0 spiro atoms. The van der Waals surface area contributed by atoms with Gasteiger partial charge < -0.3 is 5.32 Å². The second-order valence-electron chi connectivity index (χ2n) is 4.40. The van der Waals surface area contributed by atoms with E-state index in [1.165, 1.54) is 5.56 Å². The Morgan fingerprint density at radius 2 is 2.18 bits per heavy atom. The minimum Gasteiger partial charge on any atom is -0.317 e. The summed E-state index contributed by atoms with van der Waals surface area (Å²) in [6, 6.07) is 8.55. The van der Waals surface area contributed by atoms with E-state index in [0.717, 1.165) is 29.9 Å². The molecule has 2 unspecified atom stereocenters. The van der Waals surface area contributed by atoms with Crippen molar-refractivity contribution in [2.75, 3.05) is 12.8 Å². The number of nitrogens with one attached hydrogen (secondary N) is 1. The topological polar surface area (TPSA) is 29.1 Å². The van der Waals surface area contributed by atoms with Crippen molar-refractivity contribution in [3.63, 3.8) is 0 Å². The largest absolute Gasteiger partial charge is 0.317 e. The summed E-state index contributed by atoms with van der Waals surface area (Å²) in [5.74, 6) is 0.766. The van der Waals surface area contributed by atoms with E-state index < -0.39 is 10.8 Å². The van der Waals surface area contributed by atoms with Crippen molar-refractivity contribution in [3.8, 4) is 0 Å². The van der Waals surface area contributed by atoms with Crippen molar-refractivity contribution in [1.29, 1.82) is 0 Å². The zero-order valence-electron chi connectivity index (χ0n) is 11.0. The molecule has 2 nitrogen and oxygen atoms in total. The monoisotopic (exact) mass is 253 g/mol. The molecule has 0 radical (unpaired) electrons. The highest BCUT2D eigenvalue weighted by atomic mass is 32.2. The summed E-state index contributed by atoms with van der Waals surface area (Å²) < 4.78 is 12.0. The first-order valence-electron chi connectivity index (χ1n) is 6.29. The lowest BCUT2D eigenvalue weighted by molar-refractivity contribution is 0.503. The second-order valence-corrected chi connectivity index (χ2v) is 5.97. The Morgan fingerprint density at radius 1 is 1.41 bits per heavy atom. The van der Waals surface area contributed by atoms with Gasteiger partial charge in [-0.1, -0.05) is 19.1 Å². The zero-order chi connectivity index (χ0) is 12.7. The fourth-order valence-electron chi connectivity index (χ4n) is 1.89. The third-order valence-electron chi connectivity index (χ3n) is 3.04. The normalized spacial score (nSPS) is 14.5. The Hall–Kier alpha value is -0.670. The summed E-state index contributed by atoms with van der Waals surface area (Å²) in [4.78, 5) is 0.961. The smallest absolute Gasteiger partial charge is 0.0529 e. The van der Waals surface area contributed by atoms with Crippen LogP contribution < -0.4 is 5.32 Å². The maximum absolute atomic E-state index is 12.0. The van der Waals surface area contributed by atoms with Gasteiger partial charge in [-0.15, -0.1) is 0 Å². The van der Waals surface area contributed by atoms with Crippen molar-refractivity contribution in [1.82, 2.24) is 5.32 Å². The van der Waals surface area contributed by atoms with E-state index in [-0.39, 0.29) is 0 Å². The fraction of sp³-hybridized carbons (Fsp3) is 0.571. The van der Waals surface area contributed by atoms with Crippen LogP contribution in [-0.4, -0.2) is 23.1 Å². The molecule has 0 aliphatic carbocycles. The third-order valence-corrected chi connectivity index (χ3v) is 4.47. The fourth-order valence-corrected chi connectivity index (χ4v) is 3.10. The van der Waals surface area contributed by atoms with E-state index in [0.29, 0.717) is 6.04 Å². The molecule has 1 aromatic carbocycles. The van der Waals surface area contributed by atoms with Gasteiger partial charge in [0.2, 0.25) is 0 Å². The van der Waals surface area contributed by atoms with Crippen molar-refractivity contribution in [2.24, 2.45) is 0 Å². The molecule has 1 rings (SSSR count). The number of benzene rings is 1. The summed E-state index contributed by atoms with van der Waals surface area (Å²) >= 11 is 0. The van der Waals surface area contributed by atoms with Crippen LogP contribution in [0.2, 0.25) is 0 Å². The minimum atomic E-state index is -0.842. The molecule has 1 aromatic rings. The lowest BCUT2D eigenvalue weighted by Gasteiger charge is -2.12. The maximum atomic E-state index is 12.0. The van der Waals surface area contributed by atoms with Gasteiger partial charge in [-0.05, 0) is 50.9 Å². The molecule has 96 valence electrons. The molecule has 0 aliphatic rings. The van der Waals surface area contributed by atoms with Crippen LogP contribution in [0.15, 0.2) is 29.2 Å². The molecule has 2 atom stereocenters. The molecule has 1 N–H and O–H groups in total. The summed E-state index contributed by atoms with van der Waals surface area (Å²) in [5, 5.41) is 3.28. The Kier molecular flexibility index (Phi) is 6.45. The lowest BCUT2D eigenvalue weighted by Crippen LogP contribution is -2.24. The van der Waals surface area contributed by atoms with Gasteiger partial charge in [-0.2, -0.15) is 0 Å². The van der Waals surface area contributed by atoms with E-state index in [9.17, 15) is 4.21 Å². The Balaban J connectivity index is 2.40. The Bertz CT molecular complexity index is 361. The van der Waals surface area contributed by atoms with Crippen LogP contribution in [0.25, 0.3) is 0 Å². The Labute approximate surface area is 107 Å². The van der Waals surface area contributed by atoms with Gasteiger partial charge in [-0.25, -0.2) is 0 Å². The number of hydrogen-bond donors (Lipinski definition) is 1.